The first-order valence-electron chi connectivity index (χ1n) is 9.83. The minimum Gasteiger partial charge on any atom is -0.489 e. The topological polar surface area (TPSA) is 33.3 Å². The van der Waals surface area contributed by atoms with Crippen molar-refractivity contribution in [3.05, 3.63) is 64.2 Å². The Morgan fingerprint density at radius 1 is 1.11 bits per heavy atom. The van der Waals surface area contributed by atoms with Crippen LogP contribution in [0.15, 0.2) is 42.5 Å². The van der Waals surface area contributed by atoms with E-state index < -0.39 is 0 Å². The fourth-order valence-corrected chi connectivity index (χ4v) is 3.63. The Morgan fingerprint density at radius 2 is 1.89 bits per heavy atom. The molecule has 1 atom stereocenters. The van der Waals surface area contributed by atoms with Crippen molar-refractivity contribution in [2.75, 3.05) is 19.6 Å². The highest BCUT2D eigenvalue weighted by Gasteiger charge is 2.14. The van der Waals surface area contributed by atoms with Crippen LogP contribution in [0.5, 0.6) is 5.75 Å². The predicted molar refractivity (Wildman–Crippen MR) is 114 cm³/mol. The Kier molecular flexibility index (Phi) is 6.80. The summed E-state index contributed by atoms with van der Waals surface area (Å²) in [5.41, 5.74) is 3.82. The summed E-state index contributed by atoms with van der Waals surface area (Å²) in [4.78, 5) is 0. The average Bonchev–Trinajstić information content (AvgIpc) is 3.13. The van der Waals surface area contributed by atoms with E-state index in [2.05, 4.69) is 61.7 Å². The predicted octanol–water partition coefficient (Wildman–Crippen LogP) is 4.92. The molecule has 3 nitrogen and oxygen atoms in total. The van der Waals surface area contributed by atoms with Crippen LogP contribution < -0.4 is 15.4 Å². The molecule has 0 saturated carbocycles. The van der Waals surface area contributed by atoms with Gasteiger partial charge < -0.3 is 15.4 Å². The Hall–Kier alpha value is -1.55. The molecule has 2 N–H and O–H groups in total. The summed E-state index contributed by atoms with van der Waals surface area (Å²) in [6, 6.07) is 14.6. The Morgan fingerprint density at radius 3 is 2.56 bits per heavy atom. The van der Waals surface area contributed by atoms with Gasteiger partial charge >= 0.3 is 0 Å². The molecule has 1 saturated heterocycles. The van der Waals surface area contributed by atoms with Crippen LogP contribution in [0.3, 0.4) is 0 Å². The van der Waals surface area contributed by atoms with E-state index in [4.69, 9.17) is 16.3 Å². The Balaban J connectivity index is 1.54. The van der Waals surface area contributed by atoms with Crippen molar-refractivity contribution >= 4 is 11.6 Å². The Labute approximate surface area is 168 Å². The molecule has 2 aromatic rings. The van der Waals surface area contributed by atoms with Crippen LogP contribution >= 0.6 is 11.6 Å². The maximum absolute atomic E-state index is 6.29. The summed E-state index contributed by atoms with van der Waals surface area (Å²) in [6.07, 6.45) is 1.25. The largest absolute Gasteiger partial charge is 0.489 e. The van der Waals surface area contributed by atoms with Gasteiger partial charge in [0.05, 0.1) is 0 Å². The maximum Gasteiger partial charge on any atom is 0.121 e. The van der Waals surface area contributed by atoms with Gasteiger partial charge in [0.15, 0.2) is 0 Å². The molecule has 0 spiro atoms. The van der Waals surface area contributed by atoms with Crippen LogP contribution in [0.4, 0.5) is 0 Å². The molecule has 0 amide bonds. The smallest absolute Gasteiger partial charge is 0.121 e. The van der Waals surface area contributed by atoms with Crippen LogP contribution in [0, 0.1) is 5.92 Å². The fraction of sp³-hybridized carbons (Fsp3) is 0.478. The summed E-state index contributed by atoms with van der Waals surface area (Å²) < 4.78 is 6.00. The van der Waals surface area contributed by atoms with Gasteiger partial charge in [-0.25, -0.2) is 0 Å². The van der Waals surface area contributed by atoms with Crippen LogP contribution in [-0.4, -0.2) is 19.6 Å². The molecular formula is C23H31ClN2O. The SMILES string of the molecule is CC(C)(C)c1ccc(COc2cc(Cl)cc(CNCC3CCNC3)c2)cc1. The first-order chi connectivity index (χ1) is 12.9. The number of rotatable bonds is 7. The monoisotopic (exact) mass is 386 g/mol. The molecule has 4 heteroatoms. The van der Waals surface area contributed by atoms with Crippen molar-refractivity contribution in [2.45, 2.75) is 45.8 Å². The lowest BCUT2D eigenvalue weighted by molar-refractivity contribution is 0.305. The number of nitrogens with one attached hydrogen (secondary N) is 2. The van der Waals surface area contributed by atoms with E-state index in [1.807, 2.05) is 12.1 Å². The molecule has 1 fully saturated rings. The third-order valence-corrected chi connectivity index (χ3v) is 5.30. The molecule has 146 valence electrons. The van der Waals surface area contributed by atoms with E-state index in [1.54, 1.807) is 0 Å². The van der Waals surface area contributed by atoms with Crippen LogP contribution in [0.25, 0.3) is 0 Å². The number of halogens is 1. The van der Waals surface area contributed by atoms with E-state index >= 15 is 0 Å². The highest BCUT2D eigenvalue weighted by atomic mass is 35.5. The molecule has 1 unspecified atom stereocenters. The summed E-state index contributed by atoms with van der Waals surface area (Å²) in [7, 11) is 0. The zero-order valence-electron chi connectivity index (χ0n) is 16.6. The van der Waals surface area contributed by atoms with Gasteiger partial charge in [-0.15, -0.1) is 0 Å². The van der Waals surface area contributed by atoms with Crippen molar-refractivity contribution in [3.63, 3.8) is 0 Å². The molecule has 1 aliphatic rings. The van der Waals surface area contributed by atoms with Crippen molar-refractivity contribution in [1.29, 1.82) is 0 Å². The van der Waals surface area contributed by atoms with E-state index in [1.165, 1.54) is 12.0 Å². The van der Waals surface area contributed by atoms with E-state index in [0.29, 0.717) is 6.61 Å². The zero-order chi connectivity index (χ0) is 19.3. The summed E-state index contributed by atoms with van der Waals surface area (Å²) >= 11 is 6.29. The van der Waals surface area contributed by atoms with Crippen molar-refractivity contribution in [3.8, 4) is 5.75 Å². The molecular weight excluding hydrogens is 356 g/mol. The molecule has 0 aromatic heterocycles. The van der Waals surface area contributed by atoms with Gasteiger partial charge in [-0.2, -0.15) is 0 Å². The quantitative estimate of drug-likeness (QED) is 0.708. The lowest BCUT2D eigenvalue weighted by Gasteiger charge is -2.19. The molecule has 0 bridgehead atoms. The molecule has 27 heavy (non-hydrogen) atoms. The summed E-state index contributed by atoms with van der Waals surface area (Å²) in [5.74, 6) is 1.55. The van der Waals surface area contributed by atoms with E-state index in [-0.39, 0.29) is 5.41 Å². The van der Waals surface area contributed by atoms with E-state index in [9.17, 15) is 0 Å². The molecule has 0 radical (unpaired) electrons. The van der Waals surface area contributed by atoms with Crippen molar-refractivity contribution in [1.82, 2.24) is 10.6 Å². The zero-order valence-corrected chi connectivity index (χ0v) is 17.4. The van der Waals surface area contributed by atoms with Gasteiger partial charge in [0.2, 0.25) is 0 Å². The number of hydrogen-bond acceptors (Lipinski definition) is 3. The van der Waals surface area contributed by atoms with Crippen LogP contribution in [0.1, 0.15) is 43.9 Å². The van der Waals surface area contributed by atoms with E-state index in [0.717, 1.165) is 54.0 Å². The Bertz CT molecular complexity index is 731. The van der Waals surface area contributed by atoms with Crippen LogP contribution in [-0.2, 0) is 18.6 Å². The van der Waals surface area contributed by atoms with Gasteiger partial charge in [0.25, 0.3) is 0 Å². The minimum absolute atomic E-state index is 0.169. The highest BCUT2D eigenvalue weighted by Crippen LogP contribution is 2.24. The number of ether oxygens (including phenoxy) is 1. The molecule has 1 heterocycles. The second kappa shape index (κ2) is 9.09. The normalized spacial score (nSPS) is 17.3. The molecule has 1 aliphatic heterocycles. The maximum atomic E-state index is 6.29. The number of benzene rings is 2. The third kappa shape index (κ3) is 6.24. The molecule has 0 aliphatic carbocycles. The second-order valence-corrected chi connectivity index (χ2v) is 8.96. The van der Waals surface area contributed by atoms with Gasteiger partial charge in [-0.1, -0.05) is 56.6 Å². The second-order valence-electron chi connectivity index (χ2n) is 8.52. The first-order valence-corrected chi connectivity index (χ1v) is 10.2. The molecule has 2 aromatic carbocycles. The third-order valence-electron chi connectivity index (χ3n) is 5.08. The van der Waals surface area contributed by atoms with Crippen molar-refractivity contribution in [2.24, 2.45) is 5.92 Å². The fourth-order valence-electron chi connectivity index (χ4n) is 3.38. The minimum atomic E-state index is 0.169. The van der Waals surface area contributed by atoms with Gasteiger partial charge in [0, 0.05) is 11.6 Å². The van der Waals surface area contributed by atoms with Gasteiger partial charge in [0.1, 0.15) is 12.4 Å². The lowest BCUT2D eigenvalue weighted by atomic mass is 9.87. The summed E-state index contributed by atoms with van der Waals surface area (Å²) in [5, 5.41) is 7.66. The van der Waals surface area contributed by atoms with Crippen molar-refractivity contribution < 1.29 is 4.74 Å². The van der Waals surface area contributed by atoms with Gasteiger partial charge in [-0.3, -0.25) is 0 Å². The molecule has 3 rings (SSSR count). The van der Waals surface area contributed by atoms with Gasteiger partial charge in [-0.05, 0) is 72.3 Å². The highest BCUT2D eigenvalue weighted by molar-refractivity contribution is 6.30. The lowest BCUT2D eigenvalue weighted by Crippen LogP contribution is -2.24. The standard InChI is InChI=1S/C23H31ClN2O/c1-23(2,3)20-6-4-17(5-7-20)16-27-22-11-19(10-21(24)12-22)15-26-14-18-8-9-25-13-18/h4-7,10-12,18,25-26H,8-9,13-16H2,1-3H3. The number of hydrogen-bond donors (Lipinski definition) is 2. The summed E-state index contributed by atoms with van der Waals surface area (Å²) in [6.45, 7) is 11.3. The average molecular weight is 387 g/mol. The first kappa shape index (κ1) is 20.2. The van der Waals surface area contributed by atoms with Crippen LogP contribution in [0.2, 0.25) is 5.02 Å².